The lowest BCUT2D eigenvalue weighted by Crippen LogP contribution is -1.97. The van der Waals surface area contributed by atoms with E-state index in [4.69, 9.17) is 5.11 Å². The molecule has 0 spiro atoms. The van der Waals surface area contributed by atoms with Gasteiger partial charge in [-0.15, -0.1) is 0 Å². The Kier molecular flexibility index (Phi) is 6.03. The van der Waals surface area contributed by atoms with E-state index in [9.17, 15) is 30.3 Å². The summed E-state index contributed by atoms with van der Waals surface area (Å²) >= 11 is 0. The minimum absolute atomic E-state index is 0.447. The van der Waals surface area contributed by atoms with E-state index in [-0.39, 0.29) is 0 Å². The van der Waals surface area contributed by atoms with Gasteiger partial charge >= 0.3 is 11.4 Å². The summed E-state index contributed by atoms with van der Waals surface area (Å²) in [7, 11) is 0. The quantitative estimate of drug-likeness (QED) is 0.651. The Morgan fingerprint density at radius 2 is 1.20 bits per heavy atom. The zero-order valence-electron chi connectivity index (χ0n) is 13.5. The largest absolute Gasteiger partial charge is 0.497 e. The number of aromatic hydroxyl groups is 1. The van der Waals surface area contributed by atoms with Crippen LogP contribution < -0.4 is 0 Å². The van der Waals surface area contributed by atoms with Gasteiger partial charge in [-0.1, -0.05) is 0 Å². The second-order valence-corrected chi connectivity index (χ2v) is 5.03. The zero-order chi connectivity index (χ0) is 19.3. The van der Waals surface area contributed by atoms with Crippen molar-refractivity contribution in [1.29, 1.82) is 0 Å². The number of hydrogen-bond acceptors (Lipinski definition) is 8. The topological polar surface area (TPSA) is 163 Å². The molecule has 0 saturated heterocycles. The van der Waals surface area contributed by atoms with Gasteiger partial charge in [-0.3, -0.25) is 35.3 Å². The van der Waals surface area contributed by atoms with Crippen LogP contribution in [0.15, 0.2) is 24.3 Å². The monoisotopic (exact) mass is 350 g/mol. The molecule has 1 N–H and O–H groups in total. The number of phenolic OH excluding ortho intramolecular Hbond substituents is 1. The minimum Gasteiger partial charge on any atom is -0.497 e. The Bertz CT molecular complexity index is 766. The third kappa shape index (κ3) is 5.20. The first kappa shape index (κ1) is 19.4. The number of nitrogens with zero attached hydrogens (tertiary/aromatic N) is 4. The number of pyridine rings is 1. The van der Waals surface area contributed by atoms with E-state index in [1.165, 1.54) is 5.56 Å². The fraction of sp³-hybridized carbons (Fsp3) is 0.214. The summed E-state index contributed by atoms with van der Waals surface area (Å²) in [6.07, 6.45) is 0. The third-order valence-corrected chi connectivity index (χ3v) is 2.88. The van der Waals surface area contributed by atoms with Crippen LogP contribution in [0.5, 0.6) is 5.75 Å². The van der Waals surface area contributed by atoms with Crippen molar-refractivity contribution in [3.63, 3.8) is 0 Å². The first-order valence-electron chi connectivity index (χ1n) is 6.75. The Morgan fingerprint density at radius 3 is 1.48 bits per heavy atom. The van der Waals surface area contributed by atoms with Gasteiger partial charge in [0.2, 0.25) is 0 Å². The maximum atomic E-state index is 10.4. The molecule has 1 aromatic carbocycles. The number of hydrogen-bond donors (Lipinski definition) is 1. The molecule has 2 rings (SSSR count). The minimum atomic E-state index is -1.21. The molecule has 11 nitrogen and oxygen atoms in total. The lowest BCUT2D eigenvalue weighted by atomic mass is 10.2. The average molecular weight is 350 g/mol. The summed E-state index contributed by atoms with van der Waals surface area (Å²) in [6.45, 7) is 6.11. The molecule has 0 bridgehead atoms. The number of benzene rings is 1. The molecule has 1 heterocycles. The number of non-ortho nitro benzene ring substituents is 1. The van der Waals surface area contributed by atoms with Gasteiger partial charge in [0.25, 0.3) is 11.4 Å². The van der Waals surface area contributed by atoms with Crippen molar-refractivity contribution in [2.45, 2.75) is 20.8 Å². The highest BCUT2D eigenvalue weighted by Crippen LogP contribution is 2.38. The summed E-state index contributed by atoms with van der Waals surface area (Å²) < 4.78 is 0. The van der Waals surface area contributed by atoms with E-state index in [1.807, 2.05) is 13.8 Å². The van der Waals surface area contributed by atoms with Crippen LogP contribution in [0.1, 0.15) is 17.0 Å². The Labute approximate surface area is 141 Å². The number of nitro benzene ring substituents is 3. The first-order chi connectivity index (χ1) is 11.5. The molecule has 0 saturated carbocycles. The molecular weight excluding hydrogens is 336 g/mol. The molecular formula is C14H14N4O7. The Morgan fingerprint density at radius 1 is 0.800 bits per heavy atom. The van der Waals surface area contributed by atoms with Crippen LogP contribution in [0, 0.1) is 51.1 Å². The summed E-state index contributed by atoms with van der Waals surface area (Å²) in [6, 6.07) is 5.05. The maximum absolute atomic E-state index is 10.4. The van der Waals surface area contributed by atoms with Crippen molar-refractivity contribution in [3.8, 4) is 5.75 Å². The molecule has 11 heteroatoms. The van der Waals surface area contributed by atoms with Gasteiger partial charge in [0.1, 0.15) is 0 Å². The smallest absolute Gasteiger partial charge is 0.324 e. The van der Waals surface area contributed by atoms with E-state index >= 15 is 0 Å². The van der Waals surface area contributed by atoms with Crippen LogP contribution in [-0.2, 0) is 0 Å². The molecule has 0 atom stereocenters. The molecule has 0 fully saturated rings. The van der Waals surface area contributed by atoms with Crippen LogP contribution in [-0.4, -0.2) is 24.9 Å². The SMILES string of the molecule is Cc1cc(C)nc(C)c1.O=[N+]([O-])c1cc([N+](=O)[O-])c(O)c([N+](=O)[O-])c1. The molecule has 0 amide bonds. The number of aromatic nitrogens is 1. The Hall–Kier alpha value is -3.63. The fourth-order valence-electron chi connectivity index (χ4n) is 2.02. The second-order valence-electron chi connectivity index (χ2n) is 5.03. The van der Waals surface area contributed by atoms with Crippen molar-refractivity contribution in [1.82, 2.24) is 4.98 Å². The van der Waals surface area contributed by atoms with Gasteiger partial charge in [0.05, 0.1) is 26.9 Å². The van der Waals surface area contributed by atoms with E-state index in [1.54, 1.807) is 0 Å². The highest BCUT2D eigenvalue weighted by atomic mass is 16.6. The van der Waals surface area contributed by atoms with Crippen LogP contribution >= 0.6 is 0 Å². The van der Waals surface area contributed by atoms with Gasteiger partial charge in [-0.25, -0.2) is 0 Å². The summed E-state index contributed by atoms with van der Waals surface area (Å²) in [5.74, 6) is -1.21. The van der Waals surface area contributed by atoms with E-state index in [0.717, 1.165) is 11.4 Å². The molecule has 132 valence electrons. The lowest BCUT2D eigenvalue weighted by Gasteiger charge is -1.97. The number of phenols is 1. The molecule has 0 aliphatic heterocycles. The summed E-state index contributed by atoms with van der Waals surface area (Å²) in [5, 5.41) is 40.2. The molecule has 0 unspecified atom stereocenters. The number of rotatable bonds is 3. The summed E-state index contributed by atoms with van der Waals surface area (Å²) in [4.78, 5) is 32.0. The van der Waals surface area contributed by atoms with Gasteiger partial charge in [0.15, 0.2) is 0 Å². The third-order valence-electron chi connectivity index (χ3n) is 2.88. The molecule has 0 radical (unpaired) electrons. The highest BCUT2D eigenvalue weighted by Gasteiger charge is 2.30. The van der Waals surface area contributed by atoms with E-state index in [2.05, 4.69) is 24.0 Å². The van der Waals surface area contributed by atoms with E-state index in [0.29, 0.717) is 12.1 Å². The number of nitro groups is 3. The normalized spacial score (nSPS) is 9.72. The molecule has 1 aromatic heterocycles. The van der Waals surface area contributed by atoms with Crippen LogP contribution in [0.4, 0.5) is 17.1 Å². The predicted octanol–water partition coefficient (Wildman–Crippen LogP) is 3.12. The van der Waals surface area contributed by atoms with Gasteiger partial charge < -0.3 is 5.11 Å². The highest BCUT2D eigenvalue weighted by molar-refractivity contribution is 5.64. The van der Waals surface area contributed by atoms with Crippen molar-refractivity contribution >= 4 is 17.1 Å². The van der Waals surface area contributed by atoms with Crippen molar-refractivity contribution in [2.24, 2.45) is 0 Å². The van der Waals surface area contributed by atoms with Crippen LogP contribution in [0.3, 0.4) is 0 Å². The standard InChI is InChI=1S/C8H11N.C6H3N3O7/c1-6-4-7(2)9-8(3)5-6;10-6-4(8(13)14)1-3(7(11)12)2-5(6)9(15)16/h4-5H,1-3H3;1-2,10H. The van der Waals surface area contributed by atoms with Gasteiger partial charge in [-0.2, -0.15) is 0 Å². The van der Waals surface area contributed by atoms with Crippen LogP contribution in [0.25, 0.3) is 0 Å². The maximum Gasteiger partial charge on any atom is 0.324 e. The summed E-state index contributed by atoms with van der Waals surface area (Å²) in [5.41, 5.74) is 0.498. The fourth-order valence-corrected chi connectivity index (χ4v) is 2.02. The van der Waals surface area contributed by atoms with Crippen molar-refractivity contribution in [2.75, 3.05) is 0 Å². The zero-order valence-corrected chi connectivity index (χ0v) is 13.5. The second kappa shape index (κ2) is 7.77. The van der Waals surface area contributed by atoms with Gasteiger partial charge in [0, 0.05) is 11.4 Å². The van der Waals surface area contributed by atoms with Crippen LogP contribution in [0.2, 0.25) is 0 Å². The molecule has 0 aliphatic rings. The first-order valence-corrected chi connectivity index (χ1v) is 6.75. The molecule has 25 heavy (non-hydrogen) atoms. The lowest BCUT2D eigenvalue weighted by molar-refractivity contribution is -0.404. The van der Waals surface area contributed by atoms with Gasteiger partial charge in [-0.05, 0) is 38.5 Å². The molecule has 2 aromatic rings. The average Bonchev–Trinajstić information content (AvgIpc) is 2.45. The van der Waals surface area contributed by atoms with E-state index < -0.39 is 37.6 Å². The predicted molar refractivity (Wildman–Crippen MR) is 86.5 cm³/mol. The Balaban J connectivity index is 0.000000293. The van der Waals surface area contributed by atoms with Crippen molar-refractivity contribution < 1.29 is 19.9 Å². The molecule has 0 aliphatic carbocycles. The van der Waals surface area contributed by atoms with Crippen molar-refractivity contribution in [3.05, 3.63) is 71.6 Å². The number of aryl methyl sites for hydroxylation is 3.